The van der Waals surface area contributed by atoms with Gasteiger partial charge in [0, 0.05) is 6.54 Å². The number of thioether (sulfide) groups is 1. The molecule has 1 amide bonds. The topological polar surface area (TPSA) is 88.4 Å². The van der Waals surface area contributed by atoms with Crippen molar-refractivity contribution in [3.63, 3.8) is 0 Å². The Morgan fingerprint density at radius 3 is 2.61 bits per heavy atom. The zero-order chi connectivity index (χ0) is 25.7. The first-order chi connectivity index (χ1) is 17.4. The normalized spacial score (nSPS) is 15.5. The SMILES string of the molecule is CCN1C(=O)/C(=C\c2ccc(OCc3cccc(C)c3)c(OC)c2)SC1=Nc1cccc(C(=O)O)c1. The molecule has 0 bridgehead atoms. The number of amides is 1. The van der Waals surface area contributed by atoms with Crippen molar-refractivity contribution in [2.75, 3.05) is 13.7 Å². The fraction of sp³-hybridized carbons (Fsp3) is 0.179. The van der Waals surface area contributed by atoms with Crippen LogP contribution in [0.1, 0.15) is 34.0 Å². The molecule has 184 valence electrons. The minimum Gasteiger partial charge on any atom is -0.493 e. The van der Waals surface area contributed by atoms with E-state index < -0.39 is 5.97 Å². The van der Waals surface area contributed by atoms with E-state index >= 15 is 0 Å². The van der Waals surface area contributed by atoms with Crippen LogP contribution in [-0.4, -0.2) is 40.7 Å². The van der Waals surface area contributed by atoms with Crippen molar-refractivity contribution in [1.82, 2.24) is 4.90 Å². The summed E-state index contributed by atoms with van der Waals surface area (Å²) in [6, 6.07) is 20.0. The fourth-order valence-electron chi connectivity index (χ4n) is 3.70. The largest absolute Gasteiger partial charge is 0.493 e. The first kappa shape index (κ1) is 25.1. The summed E-state index contributed by atoms with van der Waals surface area (Å²) < 4.78 is 11.5. The number of aromatic carboxylic acids is 1. The molecule has 1 N–H and O–H groups in total. The molecule has 1 heterocycles. The molecule has 4 rings (SSSR count). The molecule has 0 atom stereocenters. The van der Waals surface area contributed by atoms with Crippen molar-refractivity contribution in [3.8, 4) is 11.5 Å². The number of hydrogen-bond donors (Lipinski definition) is 1. The van der Waals surface area contributed by atoms with Gasteiger partial charge >= 0.3 is 5.97 Å². The van der Waals surface area contributed by atoms with Crippen LogP contribution in [0.5, 0.6) is 11.5 Å². The first-order valence-corrected chi connectivity index (χ1v) is 12.2. The number of ether oxygens (including phenoxy) is 2. The Kier molecular flexibility index (Phi) is 7.75. The Labute approximate surface area is 214 Å². The van der Waals surface area contributed by atoms with Crippen LogP contribution < -0.4 is 9.47 Å². The zero-order valence-electron chi connectivity index (χ0n) is 20.2. The summed E-state index contributed by atoms with van der Waals surface area (Å²) in [4.78, 5) is 30.9. The van der Waals surface area contributed by atoms with Gasteiger partial charge in [-0.1, -0.05) is 42.0 Å². The van der Waals surface area contributed by atoms with Gasteiger partial charge in [-0.3, -0.25) is 9.69 Å². The molecular formula is C28H26N2O5S. The van der Waals surface area contributed by atoms with E-state index in [1.807, 2.05) is 50.2 Å². The molecule has 8 heteroatoms. The first-order valence-electron chi connectivity index (χ1n) is 11.4. The monoisotopic (exact) mass is 502 g/mol. The van der Waals surface area contributed by atoms with Crippen LogP contribution in [0.15, 0.2) is 76.6 Å². The lowest BCUT2D eigenvalue weighted by Gasteiger charge is -2.12. The maximum absolute atomic E-state index is 13.0. The van der Waals surface area contributed by atoms with Crippen LogP contribution in [-0.2, 0) is 11.4 Å². The molecule has 1 aliphatic rings. The van der Waals surface area contributed by atoms with Crippen LogP contribution in [0.2, 0.25) is 0 Å². The van der Waals surface area contributed by atoms with Crippen molar-refractivity contribution >= 4 is 40.6 Å². The zero-order valence-corrected chi connectivity index (χ0v) is 21.0. The third-order valence-corrected chi connectivity index (χ3v) is 6.49. The number of amidine groups is 1. The van der Waals surface area contributed by atoms with Crippen molar-refractivity contribution in [2.24, 2.45) is 4.99 Å². The number of carbonyl (C=O) groups is 2. The number of aliphatic imine (C=N–C) groups is 1. The number of aryl methyl sites for hydroxylation is 1. The molecule has 3 aromatic rings. The van der Waals surface area contributed by atoms with Gasteiger partial charge in [0.05, 0.1) is 23.3 Å². The maximum Gasteiger partial charge on any atom is 0.335 e. The van der Waals surface area contributed by atoms with Crippen molar-refractivity contribution in [3.05, 3.63) is 93.9 Å². The minimum absolute atomic E-state index is 0.141. The number of likely N-dealkylation sites (N-methyl/N-ethyl adjacent to an activating group) is 1. The Hall–Kier alpha value is -4.04. The Balaban J connectivity index is 1.55. The lowest BCUT2D eigenvalue weighted by Crippen LogP contribution is -2.28. The van der Waals surface area contributed by atoms with E-state index in [0.29, 0.717) is 40.4 Å². The van der Waals surface area contributed by atoms with E-state index in [4.69, 9.17) is 9.47 Å². The summed E-state index contributed by atoms with van der Waals surface area (Å²) in [7, 11) is 1.58. The average molecular weight is 503 g/mol. The highest BCUT2D eigenvalue weighted by molar-refractivity contribution is 8.18. The van der Waals surface area contributed by atoms with Crippen LogP contribution >= 0.6 is 11.8 Å². The van der Waals surface area contributed by atoms with E-state index in [9.17, 15) is 14.7 Å². The van der Waals surface area contributed by atoms with Crippen LogP contribution in [0.4, 0.5) is 5.69 Å². The quantitative estimate of drug-likeness (QED) is 0.386. The third-order valence-electron chi connectivity index (χ3n) is 5.48. The molecule has 0 aliphatic carbocycles. The summed E-state index contributed by atoms with van der Waals surface area (Å²) >= 11 is 1.25. The van der Waals surface area contributed by atoms with Crippen LogP contribution in [0.3, 0.4) is 0 Å². The number of carboxylic acids is 1. The Bertz CT molecular complexity index is 1370. The molecule has 36 heavy (non-hydrogen) atoms. The number of carbonyl (C=O) groups excluding carboxylic acids is 1. The van der Waals surface area contributed by atoms with E-state index in [1.165, 1.54) is 29.5 Å². The molecule has 0 aromatic heterocycles. The summed E-state index contributed by atoms with van der Waals surface area (Å²) in [6.07, 6.45) is 1.79. The standard InChI is InChI=1S/C28H26N2O5S/c1-4-30-26(31)25(36-28(30)29-22-10-6-9-21(16-22)27(32)33)15-19-11-12-23(24(14-19)34-3)35-17-20-8-5-7-18(2)13-20/h5-16H,4,17H2,1-3H3,(H,32,33)/b25-15+,29-28?. The van der Waals surface area contributed by atoms with Gasteiger partial charge in [0.25, 0.3) is 5.91 Å². The average Bonchev–Trinajstić information content (AvgIpc) is 3.16. The molecule has 3 aromatic carbocycles. The summed E-state index contributed by atoms with van der Waals surface area (Å²) in [5.41, 5.74) is 3.64. The highest BCUT2D eigenvalue weighted by atomic mass is 32.2. The smallest absolute Gasteiger partial charge is 0.335 e. The number of nitrogens with zero attached hydrogens (tertiary/aromatic N) is 2. The van der Waals surface area contributed by atoms with Crippen molar-refractivity contribution < 1.29 is 24.2 Å². The second-order valence-corrected chi connectivity index (χ2v) is 9.11. The van der Waals surface area contributed by atoms with Gasteiger partial charge in [0.2, 0.25) is 0 Å². The van der Waals surface area contributed by atoms with Gasteiger partial charge in [0.15, 0.2) is 16.7 Å². The van der Waals surface area contributed by atoms with E-state index in [0.717, 1.165) is 11.1 Å². The van der Waals surface area contributed by atoms with Crippen molar-refractivity contribution in [1.29, 1.82) is 0 Å². The molecule has 0 saturated carbocycles. The minimum atomic E-state index is -1.03. The summed E-state index contributed by atoms with van der Waals surface area (Å²) in [6.45, 7) is 4.77. The number of carboxylic acid groups (broad SMARTS) is 1. The number of methoxy groups -OCH3 is 1. The second kappa shape index (κ2) is 11.1. The van der Waals surface area contributed by atoms with Gasteiger partial charge in [-0.25, -0.2) is 9.79 Å². The van der Waals surface area contributed by atoms with E-state index in [1.54, 1.807) is 30.2 Å². The predicted molar refractivity (Wildman–Crippen MR) is 142 cm³/mol. The molecule has 7 nitrogen and oxygen atoms in total. The van der Waals surface area contributed by atoms with Gasteiger partial charge in [-0.2, -0.15) is 0 Å². The van der Waals surface area contributed by atoms with E-state index in [2.05, 4.69) is 11.1 Å². The van der Waals surface area contributed by atoms with Gasteiger partial charge < -0.3 is 14.6 Å². The van der Waals surface area contributed by atoms with E-state index in [-0.39, 0.29) is 11.5 Å². The molecule has 0 spiro atoms. The summed E-state index contributed by atoms with van der Waals surface area (Å²) in [5.74, 6) is -0.00347. The second-order valence-electron chi connectivity index (χ2n) is 8.10. The fourth-order valence-corrected chi connectivity index (χ4v) is 4.76. The van der Waals surface area contributed by atoms with Gasteiger partial charge in [0.1, 0.15) is 6.61 Å². The highest BCUT2D eigenvalue weighted by Gasteiger charge is 2.32. The molecule has 0 radical (unpaired) electrons. The molecular weight excluding hydrogens is 476 g/mol. The van der Waals surface area contributed by atoms with Gasteiger partial charge in [-0.15, -0.1) is 0 Å². The van der Waals surface area contributed by atoms with Crippen LogP contribution in [0.25, 0.3) is 6.08 Å². The highest BCUT2D eigenvalue weighted by Crippen LogP contribution is 2.36. The summed E-state index contributed by atoms with van der Waals surface area (Å²) in [5, 5.41) is 9.74. The Morgan fingerprint density at radius 2 is 1.89 bits per heavy atom. The lowest BCUT2D eigenvalue weighted by molar-refractivity contribution is -0.122. The Morgan fingerprint density at radius 1 is 1.08 bits per heavy atom. The molecule has 1 saturated heterocycles. The van der Waals surface area contributed by atoms with Crippen molar-refractivity contribution in [2.45, 2.75) is 20.5 Å². The third kappa shape index (κ3) is 5.78. The predicted octanol–water partition coefficient (Wildman–Crippen LogP) is 5.90. The number of rotatable bonds is 8. The maximum atomic E-state index is 13.0. The number of hydrogen-bond acceptors (Lipinski definition) is 6. The number of benzene rings is 3. The van der Waals surface area contributed by atoms with Gasteiger partial charge in [-0.05, 0) is 73.1 Å². The lowest BCUT2D eigenvalue weighted by atomic mass is 10.1. The molecule has 1 fully saturated rings. The molecule has 1 aliphatic heterocycles. The van der Waals surface area contributed by atoms with Crippen LogP contribution in [0, 0.1) is 6.92 Å². The molecule has 0 unspecified atom stereocenters.